The molecule has 2 aliphatic rings. The Morgan fingerprint density at radius 3 is 2.64 bits per heavy atom. The Kier molecular flexibility index (Phi) is 1.70. The molecule has 0 bridgehead atoms. The number of aryl methyl sites for hydroxylation is 2. The number of ether oxygens (including phenoxy) is 1. The summed E-state index contributed by atoms with van der Waals surface area (Å²) in [5, 5.41) is 0. The van der Waals surface area contributed by atoms with E-state index in [4.69, 9.17) is 10.5 Å². The maximum Gasteiger partial charge on any atom is 0.0883 e. The molecule has 1 aliphatic heterocycles. The Hall–Kier alpha value is -0.860. The smallest absolute Gasteiger partial charge is 0.0883 e. The van der Waals surface area contributed by atoms with Crippen molar-refractivity contribution < 1.29 is 4.74 Å². The third kappa shape index (κ3) is 1.11. The van der Waals surface area contributed by atoms with E-state index in [1.165, 1.54) is 36.0 Å². The van der Waals surface area contributed by atoms with Gasteiger partial charge in [-0.2, -0.15) is 0 Å². The molecule has 1 aromatic carbocycles. The zero-order chi connectivity index (χ0) is 9.60. The van der Waals surface area contributed by atoms with Gasteiger partial charge in [0.15, 0.2) is 0 Å². The minimum absolute atomic E-state index is 0.197. The lowest BCUT2D eigenvalue weighted by Crippen LogP contribution is -2.54. The second kappa shape index (κ2) is 2.81. The van der Waals surface area contributed by atoms with Gasteiger partial charge in [0.25, 0.3) is 0 Å². The molecule has 1 aliphatic carbocycles. The first-order valence-corrected chi connectivity index (χ1v) is 5.27. The monoisotopic (exact) mass is 189 g/mol. The van der Waals surface area contributed by atoms with Crippen LogP contribution in [0.15, 0.2) is 18.2 Å². The summed E-state index contributed by atoms with van der Waals surface area (Å²) < 4.78 is 5.19. The maximum atomic E-state index is 6.19. The molecular formula is C12H15NO. The van der Waals surface area contributed by atoms with E-state index in [0.717, 1.165) is 0 Å². The van der Waals surface area contributed by atoms with E-state index in [-0.39, 0.29) is 5.54 Å². The molecule has 2 N–H and O–H groups in total. The summed E-state index contributed by atoms with van der Waals surface area (Å²) in [5.41, 5.74) is 10.3. The van der Waals surface area contributed by atoms with Crippen LogP contribution in [0.25, 0.3) is 0 Å². The van der Waals surface area contributed by atoms with Gasteiger partial charge in [0.2, 0.25) is 0 Å². The summed E-state index contributed by atoms with van der Waals surface area (Å²) in [7, 11) is 0. The van der Waals surface area contributed by atoms with Crippen LogP contribution in [-0.2, 0) is 23.1 Å². The highest BCUT2D eigenvalue weighted by molar-refractivity contribution is 5.39. The van der Waals surface area contributed by atoms with Crippen molar-refractivity contribution >= 4 is 0 Å². The standard InChI is InChI=1S/C12H15NO/c13-12(7-14-8-12)11-5-4-9-2-1-3-10(9)6-11/h4-6H,1-3,7-8,13H2. The minimum Gasteiger partial charge on any atom is -0.377 e. The number of hydrogen-bond acceptors (Lipinski definition) is 2. The molecule has 0 spiro atoms. The van der Waals surface area contributed by atoms with Crippen LogP contribution in [0.1, 0.15) is 23.1 Å². The van der Waals surface area contributed by atoms with Crippen LogP contribution >= 0.6 is 0 Å². The van der Waals surface area contributed by atoms with Gasteiger partial charge >= 0.3 is 0 Å². The van der Waals surface area contributed by atoms with Gasteiger partial charge in [0.05, 0.1) is 18.8 Å². The molecule has 74 valence electrons. The van der Waals surface area contributed by atoms with Gasteiger partial charge in [-0.15, -0.1) is 0 Å². The fraction of sp³-hybridized carbons (Fsp3) is 0.500. The van der Waals surface area contributed by atoms with Gasteiger partial charge < -0.3 is 10.5 Å². The maximum absolute atomic E-state index is 6.19. The van der Waals surface area contributed by atoms with Crippen molar-refractivity contribution in [2.75, 3.05) is 13.2 Å². The predicted octanol–water partition coefficient (Wildman–Crippen LogP) is 1.36. The molecule has 2 nitrogen and oxygen atoms in total. The van der Waals surface area contributed by atoms with Crippen LogP contribution in [0.3, 0.4) is 0 Å². The normalized spacial score (nSPS) is 22.9. The predicted molar refractivity (Wildman–Crippen MR) is 55.2 cm³/mol. The van der Waals surface area contributed by atoms with Gasteiger partial charge in [-0.25, -0.2) is 0 Å². The van der Waals surface area contributed by atoms with Crippen molar-refractivity contribution in [2.45, 2.75) is 24.8 Å². The minimum atomic E-state index is -0.197. The zero-order valence-corrected chi connectivity index (χ0v) is 8.25. The highest BCUT2D eigenvalue weighted by Gasteiger charge is 2.36. The van der Waals surface area contributed by atoms with Crippen LogP contribution in [0.5, 0.6) is 0 Å². The second-order valence-electron chi connectivity index (χ2n) is 4.49. The molecule has 14 heavy (non-hydrogen) atoms. The molecule has 3 rings (SSSR count). The summed E-state index contributed by atoms with van der Waals surface area (Å²) >= 11 is 0. The van der Waals surface area contributed by atoms with Crippen LogP contribution in [0.2, 0.25) is 0 Å². The Morgan fingerprint density at radius 1 is 1.14 bits per heavy atom. The van der Waals surface area contributed by atoms with E-state index in [1.807, 2.05) is 0 Å². The van der Waals surface area contributed by atoms with Gasteiger partial charge in [0.1, 0.15) is 0 Å². The van der Waals surface area contributed by atoms with Crippen molar-refractivity contribution in [1.29, 1.82) is 0 Å². The first-order chi connectivity index (χ1) is 6.78. The fourth-order valence-electron chi connectivity index (χ4n) is 2.37. The van der Waals surface area contributed by atoms with Crippen LogP contribution in [-0.4, -0.2) is 13.2 Å². The van der Waals surface area contributed by atoms with E-state index < -0.39 is 0 Å². The number of nitrogens with two attached hydrogens (primary N) is 1. The van der Waals surface area contributed by atoms with Gasteiger partial charge in [0, 0.05) is 0 Å². The molecule has 0 saturated carbocycles. The summed E-state index contributed by atoms with van der Waals surface area (Å²) in [6.45, 7) is 1.34. The largest absolute Gasteiger partial charge is 0.377 e. The van der Waals surface area contributed by atoms with Crippen molar-refractivity contribution in [2.24, 2.45) is 5.73 Å². The average Bonchev–Trinajstić information content (AvgIpc) is 2.60. The summed E-state index contributed by atoms with van der Waals surface area (Å²) in [5.74, 6) is 0. The van der Waals surface area contributed by atoms with Gasteiger partial charge in [-0.05, 0) is 36.0 Å². The molecule has 0 atom stereocenters. The van der Waals surface area contributed by atoms with Crippen LogP contribution in [0, 0.1) is 0 Å². The quantitative estimate of drug-likeness (QED) is 0.724. The SMILES string of the molecule is NC1(c2ccc3c(c2)CCC3)COC1. The molecule has 0 unspecified atom stereocenters. The lowest BCUT2D eigenvalue weighted by Gasteiger charge is -2.38. The summed E-state index contributed by atoms with van der Waals surface area (Å²) in [6, 6.07) is 6.70. The lowest BCUT2D eigenvalue weighted by atomic mass is 9.87. The van der Waals surface area contributed by atoms with Crippen molar-refractivity contribution in [3.63, 3.8) is 0 Å². The summed E-state index contributed by atoms with van der Waals surface area (Å²) in [4.78, 5) is 0. The number of rotatable bonds is 1. The van der Waals surface area contributed by atoms with Crippen molar-refractivity contribution in [3.05, 3.63) is 34.9 Å². The van der Waals surface area contributed by atoms with Crippen molar-refractivity contribution in [3.8, 4) is 0 Å². The molecule has 0 amide bonds. The van der Waals surface area contributed by atoms with Crippen LogP contribution in [0.4, 0.5) is 0 Å². The number of fused-ring (bicyclic) bond motifs is 1. The Labute approximate surface area is 84.1 Å². The molecular weight excluding hydrogens is 174 g/mol. The van der Waals surface area contributed by atoms with Crippen LogP contribution < -0.4 is 5.73 Å². The van der Waals surface area contributed by atoms with E-state index in [1.54, 1.807) is 0 Å². The summed E-state index contributed by atoms with van der Waals surface area (Å²) in [6.07, 6.45) is 3.76. The Bertz CT molecular complexity index is 369. The zero-order valence-electron chi connectivity index (χ0n) is 8.25. The second-order valence-corrected chi connectivity index (χ2v) is 4.49. The highest BCUT2D eigenvalue weighted by atomic mass is 16.5. The number of hydrogen-bond donors (Lipinski definition) is 1. The molecule has 1 fully saturated rings. The van der Waals surface area contributed by atoms with Crippen molar-refractivity contribution in [1.82, 2.24) is 0 Å². The lowest BCUT2D eigenvalue weighted by molar-refractivity contribution is -0.0569. The molecule has 1 heterocycles. The van der Waals surface area contributed by atoms with E-state index in [2.05, 4.69) is 18.2 Å². The third-order valence-electron chi connectivity index (χ3n) is 3.39. The molecule has 2 heteroatoms. The Morgan fingerprint density at radius 2 is 1.93 bits per heavy atom. The molecule has 1 aromatic rings. The first-order valence-electron chi connectivity index (χ1n) is 5.27. The molecule has 0 radical (unpaired) electrons. The van der Waals surface area contributed by atoms with E-state index >= 15 is 0 Å². The number of benzene rings is 1. The van der Waals surface area contributed by atoms with Gasteiger partial charge in [-0.3, -0.25) is 0 Å². The molecule has 1 saturated heterocycles. The average molecular weight is 189 g/mol. The fourth-order valence-corrected chi connectivity index (χ4v) is 2.37. The first kappa shape index (κ1) is 8.45. The van der Waals surface area contributed by atoms with E-state index in [0.29, 0.717) is 13.2 Å². The Balaban J connectivity index is 2.00. The van der Waals surface area contributed by atoms with Gasteiger partial charge in [-0.1, -0.05) is 18.2 Å². The third-order valence-corrected chi connectivity index (χ3v) is 3.39. The van der Waals surface area contributed by atoms with E-state index in [9.17, 15) is 0 Å². The highest BCUT2D eigenvalue weighted by Crippen LogP contribution is 2.30. The topological polar surface area (TPSA) is 35.2 Å². The molecule has 0 aromatic heterocycles.